The number of para-hydroxylation sites is 2. The number of alkyl halides is 3. The summed E-state index contributed by atoms with van der Waals surface area (Å²) in [6.07, 6.45) is -4.61. The third kappa shape index (κ3) is 4.36. The van der Waals surface area contributed by atoms with Gasteiger partial charge in [0.25, 0.3) is 0 Å². The quantitative estimate of drug-likeness (QED) is 0.182. The van der Waals surface area contributed by atoms with Crippen molar-refractivity contribution in [3.63, 3.8) is 0 Å². The number of hydrogen-bond acceptors (Lipinski definition) is 1. The average Bonchev–Trinajstić information content (AvgIpc) is 3.60. The van der Waals surface area contributed by atoms with E-state index in [0.717, 1.165) is 49.7 Å². The maximum atomic E-state index is 14.7. The highest BCUT2D eigenvalue weighted by atomic mass is 19.4. The van der Waals surface area contributed by atoms with E-state index in [0.29, 0.717) is 33.8 Å². The summed E-state index contributed by atoms with van der Waals surface area (Å²) in [5.41, 5.74) is 5.90. The zero-order chi connectivity index (χ0) is 32.4. The summed E-state index contributed by atoms with van der Waals surface area (Å²) < 4.78 is 48.2. The fourth-order valence-corrected chi connectivity index (χ4v) is 6.81. The van der Waals surface area contributed by atoms with Crippen molar-refractivity contribution >= 4 is 49.3 Å². The molecule has 0 aliphatic rings. The molecule has 4 nitrogen and oxygen atoms in total. The number of nitriles is 1. The molecule has 0 fully saturated rings. The lowest BCUT2D eigenvalue weighted by Gasteiger charge is -2.19. The molecule has 6 aromatic carbocycles. The Hall–Kier alpha value is -6.31. The Balaban J connectivity index is 1.41. The van der Waals surface area contributed by atoms with Gasteiger partial charge in [0.15, 0.2) is 5.69 Å². The van der Waals surface area contributed by atoms with Gasteiger partial charge >= 0.3 is 6.18 Å². The van der Waals surface area contributed by atoms with Crippen molar-refractivity contribution in [2.75, 3.05) is 0 Å². The highest BCUT2D eigenvalue weighted by molar-refractivity contribution is 6.11. The van der Waals surface area contributed by atoms with E-state index in [4.69, 9.17) is 6.57 Å². The van der Waals surface area contributed by atoms with Crippen molar-refractivity contribution in [2.24, 2.45) is 0 Å². The summed E-state index contributed by atoms with van der Waals surface area (Å²) in [5, 5.41) is 13.4. The molecule has 0 spiro atoms. The number of aryl methyl sites for hydroxylation is 1. The number of fused-ring (bicyclic) bond motifs is 6. The molecule has 8 aromatic rings. The zero-order valence-corrected chi connectivity index (χ0v) is 25.0. The highest BCUT2D eigenvalue weighted by Crippen LogP contribution is 2.42. The van der Waals surface area contributed by atoms with Crippen LogP contribution in [0.5, 0.6) is 0 Å². The van der Waals surface area contributed by atoms with Gasteiger partial charge in [-0.15, -0.1) is 0 Å². The Kier molecular flexibility index (Phi) is 6.22. The zero-order valence-electron chi connectivity index (χ0n) is 25.0. The van der Waals surface area contributed by atoms with Crippen LogP contribution in [0.3, 0.4) is 0 Å². The summed E-state index contributed by atoms with van der Waals surface area (Å²) in [6, 6.07) is 38.5. The predicted octanol–water partition coefficient (Wildman–Crippen LogP) is 11.3. The Bertz CT molecular complexity index is 2660. The number of hydrogen-bond donors (Lipinski definition) is 0. The monoisotopic (exact) mass is 616 g/mol. The van der Waals surface area contributed by atoms with Gasteiger partial charge in [-0.05, 0) is 84.3 Å². The molecule has 0 unspecified atom stereocenters. The molecule has 0 saturated carbocycles. The molecule has 0 atom stereocenters. The molecular formula is C40H23F3N4. The number of nitrogens with zero attached hydrogens (tertiary/aromatic N) is 4. The standard InChI is InChI=1S/C40H23F3N4/c1-24-11-14-27(46-36-9-5-3-7-29(36)31-16-12-25(23-44)19-38(31)46)21-33(24)34-22-28(15-18-35(34)40(41,42)43)47-37-10-6-4-8-30(37)32-17-13-26(45-2)20-39(32)47/h3-22H,1H3. The van der Waals surface area contributed by atoms with Crippen LogP contribution in [0, 0.1) is 24.8 Å². The van der Waals surface area contributed by atoms with Crippen LogP contribution < -0.4 is 0 Å². The third-order valence-electron chi connectivity index (χ3n) is 8.93. The lowest BCUT2D eigenvalue weighted by atomic mass is 9.94. The van der Waals surface area contributed by atoms with Crippen molar-refractivity contribution in [1.29, 1.82) is 5.26 Å². The van der Waals surface area contributed by atoms with Crippen LogP contribution in [-0.2, 0) is 6.18 Å². The van der Waals surface area contributed by atoms with Crippen molar-refractivity contribution < 1.29 is 13.2 Å². The summed E-state index contributed by atoms with van der Waals surface area (Å²) in [4.78, 5) is 3.60. The molecule has 0 amide bonds. The van der Waals surface area contributed by atoms with Gasteiger partial charge in [-0.3, -0.25) is 0 Å². The molecule has 2 heterocycles. The Morgan fingerprint density at radius 3 is 1.79 bits per heavy atom. The van der Waals surface area contributed by atoms with Gasteiger partial charge in [-0.25, -0.2) is 4.85 Å². The minimum absolute atomic E-state index is 0.0556. The second kappa shape index (κ2) is 10.4. The van der Waals surface area contributed by atoms with E-state index in [2.05, 4.69) is 10.9 Å². The Morgan fingerprint density at radius 2 is 1.17 bits per heavy atom. The van der Waals surface area contributed by atoms with Crippen molar-refractivity contribution in [3.8, 4) is 28.6 Å². The van der Waals surface area contributed by atoms with Crippen LogP contribution >= 0.6 is 0 Å². The Labute approximate surface area is 267 Å². The van der Waals surface area contributed by atoms with Gasteiger partial charge in [0, 0.05) is 38.4 Å². The van der Waals surface area contributed by atoms with Crippen molar-refractivity contribution in [1.82, 2.24) is 9.13 Å². The van der Waals surface area contributed by atoms with Gasteiger partial charge in [0.05, 0.1) is 40.3 Å². The first-order valence-electron chi connectivity index (χ1n) is 14.9. The fraction of sp³-hybridized carbons (Fsp3) is 0.0500. The van der Waals surface area contributed by atoms with Gasteiger partial charge in [-0.2, -0.15) is 18.4 Å². The molecule has 0 aliphatic heterocycles. The summed E-state index contributed by atoms with van der Waals surface area (Å²) in [6.45, 7) is 9.38. The first-order valence-corrected chi connectivity index (χ1v) is 14.9. The van der Waals surface area contributed by atoms with E-state index in [1.165, 1.54) is 6.07 Å². The van der Waals surface area contributed by atoms with Crippen molar-refractivity contribution in [3.05, 3.63) is 149 Å². The van der Waals surface area contributed by atoms with Crippen LogP contribution in [0.1, 0.15) is 16.7 Å². The van der Waals surface area contributed by atoms with Crippen molar-refractivity contribution in [2.45, 2.75) is 13.1 Å². The molecule has 0 saturated heterocycles. The van der Waals surface area contributed by atoms with E-state index in [1.54, 1.807) is 30.3 Å². The molecule has 0 aliphatic carbocycles. The number of aromatic nitrogens is 2. The largest absolute Gasteiger partial charge is 0.417 e. The Morgan fingerprint density at radius 1 is 0.617 bits per heavy atom. The SMILES string of the molecule is [C-]#[N+]c1ccc2c3ccccc3n(-c3ccc(C(F)(F)F)c(-c4cc(-n5c6ccccc6c6ccc(C#N)cc65)ccc4C)c3)c2c1. The lowest BCUT2D eigenvalue weighted by molar-refractivity contribution is -0.137. The summed E-state index contributed by atoms with van der Waals surface area (Å²) in [7, 11) is 0. The highest BCUT2D eigenvalue weighted by Gasteiger charge is 2.34. The smallest absolute Gasteiger partial charge is 0.310 e. The van der Waals surface area contributed by atoms with E-state index in [9.17, 15) is 18.4 Å². The number of benzene rings is 6. The molecule has 0 bridgehead atoms. The molecule has 0 N–H and O–H groups in total. The van der Waals surface area contributed by atoms with Crippen LogP contribution in [0.2, 0.25) is 0 Å². The van der Waals surface area contributed by atoms with E-state index < -0.39 is 11.7 Å². The fourth-order valence-electron chi connectivity index (χ4n) is 6.81. The van der Waals surface area contributed by atoms with E-state index in [-0.39, 0.29) is 5.56 Å². The van der Waals surface area contributed by atoms with Gasteiger partial charge in [0.1, 0.15) is 0 Å². The molecule has 7 heteroatoms. The molecule has 0 radical (unpaired) electrons. The number of halogens is 3. The molecule has 8 rings (SSSR count). The van der Waals surface area contributed by atoms with Gasteiger partial charge in [-0.1, -0.05) is 60.7 Å². The normalized spacial score (nSPS) is 11.8. The first-order chi connectivity index (χ1) is 22.8. The van der Waals surface area contributed by atoms with Crippen LogP contribution in [0.15, 0.2) is 121 Å². The van der Waals surface area contributed by atoms with Gasteiger partial charge < -0.3 is 9.13 Å². The third-order valence-corrected chi connectivity index (χ3v) is 8.93. The lowest BCUT2D eigenvalue weighted by Crippen LogP contribution is -2.09. The maximum absolute atomic E-state index is 14.7. The molecule has 224 valence electrons. The second-order valence-electron chi connectivity index (χ2n) is 11.6. The number of rotatable bonds is 3. The minimum atomic E-state index is -4.61. The van der Waals surface area contributed by atoms with Crippen LogP contribution in [0.25, 0.3) is 71.0 Å². The van der Waals surface area contributed by atoms with Crippen LogP contribution in [-0.4, -0.2) is 9.13 Å². The van der Waals surface area contributed by atoms with E-state index >= 15 is 0 Å². The van der Waals surface area contributed by atoms with E-state index in [1.807, 2.05) is 94.9 Å². The topological polar surface area (TPSA) is 38.0 Å². The molecule has 47 heavy (non-hydrogen) atoms. The molecule has 2 aromatic heterocycles. The second-order valence-corrected chi connectivity index (χ2v) is 11.6. The minimum Gasteiger partial charge on any atom is -0.310 e. The maximum Gasteiger partial charge on any atom is 0.417 e. The predicted molar refractivity (Wildman–Crippen MR) is 181 cm³/mol. The summed E-state index contributed by atoms with van der Waals surface area (Å²) >= 11 is 0. The summed E-state index contributed by atoms with van der Waals surface area (Å²) in [5.74, 6) is 0. The van der Waals surface area contributed by atoms with Gasteiger partial charge in [0.2, 0.25) is 0 Å². The average molecular weight is 617 g/mol. The molecular weight excluding hydrogens is 593 g/mol. The first kappa shape index (κ1) is 28.2. The van der Waals surface area contributed by atoms with Crippen LogP contribution in [0.4, 0.5) is 18.9 Å².